The van der Waals surface area contributed by atoms with Crippen LogP contribution in [0.3, 0.4) is 0 Å². The van der Waals surface area contributed by atoms with Gasteiger partial charge in [-0.1, -0.05) is 43.5 Å². The summed E-state index contributed by atoms with van der Waals surface area (Å²) in [6.07, 6.45) is 3.50. The van der Waals surface area contributed by atoms with Crippen LogP contribution in [-0.4, -0.2) is 34.7 Å². The van der Waals surface area contributed by atoms with Gasteiger partial charge in [0.25, 0.3) is 5.91 Å². The number of halogens is 1. The summed E-state index contributed by atoms with van der Waals surface area (Å²) in [5.74, 6) is -0.539. The van der Waals surface area contributed by atoms with Crippen LogP contribution >= 0.6 is 11.6 Å². The number of ketones is 1. The van der Waals surface area contributed by atoms with Crippen LogP contribution in [0.4, 0.5) is 4.79 Å². The van der Waals surface area contributed by atoms with E-state index in [1.165, 1.54) is 0 Å². The monoisotopic (exact) mass is 334 g/mol. The number of nitrogens with zero attached hydrogens (tertiary/aromatic N) is 1. The molecule has 1 heterocycles. The van der Waals surface area contributed by atoms with E-state index in [4.69, 9.17) is 11.6 Å². The van der Waals surface area contributed by atoms with E-state index in [-0.39, 0.29) is 24.2 Å². The van der Waals surface area contributed by atoms with Crippen molar-refractivity contribution in [1.82, 2.24) is 10.2 Å². The number of urea groups is 1. The van der Waals surface area contributed by atoms with Crippen molar-refractivity contribution in [3.63, 3.8) is 0 Å². The summed E-state index contributed by atoms with van der Waals surface area (Å²) >= 11 is 6.02. The van der Waals surface area contributed by atoms with Crippen molar-refractivity contribution in [2.24, 2.45) is 5.92 Å². The molecule has 5 nitrogen and oxygen atoms in total. The zero-order valence-electron chi connectivity index (χ0n) is 13.0. The van der Waals surface area contributed by atoms with Crippen LogP contribution in [0.15, 0.2) is 24.3 Å². The van der Waals surface area contributed by atoms with E-state index in [2.05, 4.69) is 5.32 Å². The second-order valence-corrected chi connectivity index (χ2v) is 6.75. The smallest absolute Gasteiger partial charge is 0.323 e. The normalized spacial score (nSPS) is 27.4. The fourth-order valence-electron chi connectivity index (χ4n) is 3.56. The van der Waals surface area contributed by atoms with Crippen LogP contribution in [0.25, 0.3) is 0 Å². The van der Waals surface area contributed by atoms with E-state index < -0.39 is 11.6 Å². The molecule has 1 aromatic carbocycles. The van der Waals surface area contributed by atoms with Gasteiger partial charge in [-0.3, -0.25) is 14.5 Å². The maximum atomic E-state index is 12.8. The third-order valence-electron chi connectivity index (χ3n) is 4.98. The number of carbonyl (C=O) groups is 3. The molecular formula is C17H19ClN2O3. The maximum Gasteiger partial charge on any atom is 0.325 e. The molecule has 23 heavy (non-hydrogen) atoms. The first kappa shape index (κ1) is 16.0. The average Bonchev–Trinajstić information content (AvgIpc) is 2.76. The third-order valence-corrected chi connectivity index (χ3v) is 5.31. The van der Waals surface area contributed by atoms with Crippen LogP contribution < -0.4 is 5.32 Å². The highest BCUT2D eigenvalue weighted by molar-refractivity contribution is 6.34. The van der Waals surface area contributed by atoms with Crippen molar-refractivity contribution in [2.75, 3.05) is 6.54 Å². The zero-order chi connectivity index (χ0) is 16.6. The molecule has 0 aromatic heterocycles. The Kier molecular flexibility index (Phi) is 4.15. The number of benzene rings is 1. The average molecular weight is 335 g/mol. The Bertz CT molecular complexity index is 676. The molecule has 2 fully saturated rings. The molecule has 2 aliphatic rings. The Labute approximate surface area is 140 Å². The molecule has 1 saturated carbocycles. The van der Waals surface area contributed by atoms with Crippen LogP contribution in [-0.2, 0) is 4.79 Å². The van der Waals surface area contributed by atoms with Crippen LogP contribution in [0.2, 0.25) is 5.02 Å². The van der Waals surface area contributed by atoms with Gasteiger partial charge in [0.2, 0.25) is 0 Å². The summed E-state index contributed by atoms with van der Waals surface area (Å²) in [4.78, 5) is 38.5. The molecule has 0 bridgehead atoms. The first-order valence-electron chi connectivity index (χ1n) is 7.87. The molecule has 0 unspecified atom stereocenters. The molecule has 1 aliphatic heterocycles. The van der Waals surface area contributed by atoms with E-state index in [0.717, 1.165) is 24.2 Å². The highest BCUT2D eigenvalue weighted by atomic mass is 35.5. The van der Waals surface area contributed by atoms with Crippen LogP contribution in [0, 0.1) is 5.92 Å². The first-order chi connectivity index (χ1) is 11.0. The van der Waals surface area contributed by atoms with E-state index in [1.54, 1.807) is 24.3 Å². The number of Topliss-reactive ketones (excluding diaryl/α,β-unsaturated/α-hetero) is 1. The number of nitrogens with one attached hydrogen (secondary N) is 1. The predicted octanol–water partition coefficient (Wildman–Crippen LogP) is 3.02. The van der Waals surface area contributed by atoms with Crippen LogP contribution in [0.1, 0.15) is 43.0 Å². The van der Waals surface area contributed by atoms with Gasteiger partial charge in [0, 0.05) is 5.56 Å². The largest absolute Gasteiger partial charge is 0.325 e. The molecule has 1 aliphatic carbocycles. The van der Waals surface area contributed by atoms with Crippen molar-refractivity contribution in [1.29, 1.82) is 0 Å². The van der Waals surface area contributed by atoms with Gasteiger partial charge in [-0.05, 0) is 30.9 Å². The van der Waals surface area contributed by atoms with Gasteiger partial charge in [0.15, 0.2) is 5.78 Å². The molecule has 2 atom stereocenters. The summed E-state index contributed by atoms with van der Waals surface area (Å²) in [5, 5.41) is 3.17. The highest BCUT2D eigenvalue weighted by Crippen LogP contribution is 2.38. The lowest BCUT2D eigenvalue weighted by Crippen LogP contribution is -2.54. The minimum absolute atomic E-state index is 0.0770. The van der Waals surface area contributed by atoms with Crippen molar-refractivity contribution in [2.45, 2.75) is 38.1 Å². The van der Waals surface area contributed by atoms with E-state index in [0.29, 0.717) is 17.0 Å². The fourth-order valence-corrected chi connectivity index (χ4v) is 3.80. The van der Waals surface area contributed by atoms with Gasteiger partial charge < -0.3 is 5.32 Å². The Morgan fingerprint density at radius 3 is 2.78 bits per heavy atom. The SMILES string of the molecule is C[C@@H]1CCCC[C@]12NC(=O)N(CC(=O)c1ccccc1Cl)C2=O. The quantitative estimate of drug-likeness (QED) is 0.682. The summed E-state index contributed by atoms with van der Waals surface area (Å²) in [5.41, 5.74) is -0.511. The Hall–Kier alpha value is -1.88. The second-order valence-electron chi connectivity index (χ2n) is 6.34. The number of rotatable bonds is 3. The summed E-state index contributed by atoms with van der Waals surface area (Å²) in [6, 6.07) is 6.17. The molecular weight excluding hydrogens is 316 g/mol. The minimum atomic E-state index is -0.837. The van der Waals surface area contributed by atoms with Gasteiger partial charge >= 0.3 is 6.03 Å². The predicted molar refractivity (Wildman–Crippen MR) is 86.4 cm³/mol. The van der Waals surface area contributed by atoms with Crippen molar-refractivity contribution in [3.8, 4) is 0 Å². The summed E-state index contributed by atoms with van der Waals surface area (Å²) in [6.45, 7) is 1.71. The minimum Gasteiger partial charge on any atom is -0.323 e. The lowest BCUT2D eigenvalue weighted by molar-refractivity contribution is -0.133. The van der Waals surface area contributed by atoms with Crippen molar-refractivity contribution >= 4 is 29.3 Å². The number of imide groups is 1. The number of carbonyl (C=O) groups excluding carboxylic acids is 3. The molecule has 1 saturated heterocycles. The highest BCUT2D eigenvalue weighted by Gasteiger charge is 2.55. The molecule has 1 spiro atoms. The van der Waals surface area contributed by atoms with E-state index >= 15 is 0 Å². The van der Waals surface area contributed by atoms with Crippen molar-refractivity contribution < 1.29 is 14.4 Å². The molecule has 3 amide bonds. The Morgan fingerprint density at radius 1 is 1.35 bits per heavy atom. The molecule has 6 heteroatoms. The lowest BCUT2D eigenvalue weighted by atomic mass is 9.73. The summed E-state index contributed by atoms with van der Waals surface area (Å²) < 4.78 is 0. The van der Waals surface area contributed by atoms with E-state index in [1.807, 2.05) is 6.92 Å². The van der Waals surface area contributed by atoms with Gasteiger partial charge in [-0.25, -0.2) is 4.79 Å². The number of hydrogen-bond acceptors (Lipinski definition) is 3. The molecule has 0 radical (unpaired) electrons. The van der Waals surface area contributed by atoms with Crippen LogP contribution in [0.5, 0.6) is 0 Å². The number of hydrogen-bond donors (Lipinski definition) is 1. The fraction of sp³-hybridized carbons (Fsp3) is 0.471. The maximum absolute atomic E-state index is 12.8. The first-order valence-corrected chi connectivity index (χ1v) is 8.25. The van der Waals surface area contributed by atoms with Crippen molar-refractivity contribution in [3.05, 3.63) is 34.9 Å². The Balaban J connectivity index is 1.81. The Morgan fingerprint density at radius 2 is 2.09 bits per heavy atom. The van der Waals surface area contributed by atoms with Gasteiger partial charge in [-0.2, -0.15) is 0 Å². The standard InChI is InChI=1S/C17H19ClN2O3/c1-11-6-4-5-9-17(11)15(22)20(16(23)19-17)10-14(21)12-7-2-3-8-13(12)18/h2-3,7-8,11H,4-6,9-10H2,1H3,(H,19,23)/t11-,17+/m1/s1. The third kappa shape index (κ3) is 2.63. The number of amides is 3. The molecule has 1 aromatic rings. The molecule has 1 N–H and O–H groups in total. The lowest BCUT2D eigenvalue weighted by Gasteiger charge is -2.36. The van der Waals surface area contributed by atoms with Gasteiger partial charge in [0.05, 0.1) is 11.6 Å². The molecule has 3 rings (SSSR count). The zero-order valence-corrected chi connectivity index (χ0v) is 13.7. The summed E-state index contributed by atoms with van der Waals surface area (Å²) in [7, 11) is 0. The van der Waals surface area contributed by atoms with Gasteiger partial charge in [-0.15, -0.1) is 0 Å². The topological polar surface area (TPSA) is 66.5 Å². The van der Waals surface area contributed by atoms with Gasteiger partial charge in [0.1, 0.15) is 5.54 Å². The molecule has 122 valence electrons. The second kappa shape index (κ2) is 5.96. The van der Waals surface area contributed by atoms with E-state index in [9.17, 15) is 14.4 Å².